The minimum Gasteiger partial charge on any atom is -0.332 e. The summed E-state index contributed by atoms with van der Waals surface area (Å²) in [6.45, 7) is 3.11. The summed E-state index contributed by atoms with van der Waals surface area (Å²) >= 11 is 0. The Bertz CT molecular complexity index is 597. The van der Waals surface area contributed by atoms with Gasteiger partial charge in [-0.1, -0.05) is 11.8 Å². The van der Waals surface area contributed by atoms with Crippen LogP contribution in [0.1, 0.15) is 13.8 Å². The number of nitrogens with one attached hydrogen (secondary N) is 1. The van der Waals surface area contributed by atoms with Gasteiger partial charge in [-0.05, 0) is 54.3 Å². The van der Waals surface area contributed by atoms with Crippen molar-refractivity contribution in [2.75, 3.05) is 0 Å². The van der Waals surface area contributed by atoms with Crippen LogP contribution in [0.3, 0.4) is 0 Å². The maximum absolute atomic E-state index is 10.4. The number of hydrogen-bond donors (Lipinski definition) is 1. The van der Waals surface area contributed by atoms with Gasteiger partial charge >= 0.3 is 0 Å². The van der Waals surface area contributed by atoms with E-state index in [9.17, 15) is 4.79 Å². The van der Waals surface area contributed by atoms with E-state index in [0.29, 0.717) is 0 Å². The molecule has 2 nitrogen and oxygen atoms in total. The van der Waals surface area contributed by atoms with Crippen LogP contribution in [0.25, 0.3) is 0 Å². The third kappa shape index (κ3) is 13.0. The molecule has 0 fully saturated rings. The van der Waals surface area contributed by atoms with E-state index in [2.05, 4.69) is 64.5 Å². The average molecular weight is 219 g/mol. The second-order valence-corrected chi connectivity index (χ2v) is 2.43. The normalized spacial score (nSPS) is 6.24. The van der Waals surface area contributed by atoms with Gasteiger partial charge in [-0.2, -0.15) is 0 Å². The van der Waals surface area contributed by atoms with Crippen molar-refractivity contribution >= 4 is 5.91 Å². The van der Waals surface area contributed by atoms with Crippen molar-refractivity contribution in [2.45, 2.75) is 13.8 Å². The summed E-state index contributed by atoms with van der Waals surface area (Å²) in [6, 6.07) is 0. The van der Waals surface area contributed by atoms with Crippen LogP contribution in [0.15, 0.2) is 12.3 Å². The van der Waals surface area contributed by atoms with Crippen LogP contribution < -0.4 is 5.32 Å². The summed E-state index contributed by atoms with van der Waals surface area (Å²) in [5.74, 6) is 25.2. The summed E-state index contributed by atoms with van der Waals surface area (Å²) in [6.07, 6.45) is 2.93. The van der Waals surface area contributed by atoms with E-state index in [4.69, 9.17) is 0 Å². The lowest BCUT2D eigenvalue weighted by molar-refractivity contribution is -0.118. The zero-order valence-electron chi connectivity index (χ0n) is 9.56. The Morgan fingerprint density at radius 2 is 1.47 bits per heavy atom. The van der Waals surface area contributed by atoms with E-state index in [-0.39, 0.29) is 5.91 Å². The fourth-order valence-corrected chi connectivity index (χ4v) is 0.528. The number of hydrogen-bond acceptors (Lipinski definition) is 1. The van der Waals surface area contributed by atoms with E-state index >= 15 is 0 Å². The van der Waals surface area contributed by atoms with Crippen molar-refractivity contribution in [1.82, 2.24) is 5.32 Å². The molecule has 0 aromatic heterocycles. The van der Waals surface area contributed by atoms with Gasteiger partial charge < -0.3 is 5.32 Å². The van der Waals surface area contributed by atoms with Crippen molar-refractivity contribution in [3.05, 3.63) is 12.3 Å². The number of amides is 1. The molecule has 1 amide bonds. The first-order valence-corrected chi connectivity index (χ1v) is 4.61. The molecule has 0 saturated carbocycles. The summed E-state index contributed by atoms with van der Waals surface area (Å²) in [5, 5.41) is 2.45. The average Bonchev–Trinajstić information content (AvgIpc) is 2.30. The topological polar surface area (TPSA) is 29.1 Å². The molecule has 2 heteroatoms. The Morgan fingerprint density at radius 1 is 0.941 bits per heavy atom. The van der Waals surface area contributed by atoms with Gasteiger partial charge in [0.2, 0.25) is 5.91 Å². The fourth-order valence-electron chi connectivity index (χ4n) is 0.528. The molecule has 0 radical (unpaired) electrons. The maximum Gasteiger partial charge on any atom is 0.220 e. The number of carbonyl (C=O) groups excluding carboxylic acids is 1. The molecule has 0 bridgehead atoms. The third-order valence-electron chi connectivity index (χ3n) is 1.09. The van der Waals surface area contributed by atoms with Crippen molar-refractivity contribution in [3.8, 4) is 59.2 Å². The highest BCUT2D eigenvalue weighted by Crippen LogP contribution is 1.65. The molecule has 80 valence electrons. The minimum absolute atomic E-state index is 0.145. The first kappa shape index (κ1) is 14.0. The zero-order valence-corrected chi connectivity index (χ0v) is 9.56. The molecule has 0 atom stereocenters. The van der Waals surface area contributed by atoms with Crippen molar-refractivity contribution in [1.29, 1.82) is 0 Å². The monoisotopic (exact) mass is 219 g/mol. The summed E-state index contributed by atoms with van der Waals surface area (Å²) < 4.78 is 0. The maximum atomic E-state index is 10.4. The van der Waals surface area contributed by atoms with Gasteiger partial charge in [0.1, 0.15) is 0 Å². The zero-order chi connectivity index (χ0) is 12.8. The van der Waals surface area contributed by atoms with Gasteiger partial charge in [0, 0.05) is 19.2 Å². The first-order chi connectivity index (χ1) is 8.27. The highest BCUT2D eigenvalue weighted by molar-refractivity contribution is 5.73. The highest BCUT2D eigenvalue weighted by atomic mass is 16.1. The molecule has 0 saturated heterocycles. The van der Waals surface area contributed by atoms with Crippen molar-refractivity contribution in [2.24, 2.45) is 0 Å². The van der Waals surface area contributed by atoms with Crippen LogP contribution in [0.4, 0.5) is 0 Å². The van der Waals surface area contributed by atoms with Gasteiger partial charge in [0.05, 0.1) is 0 Å². The Hall–Kier alpha value is -2.99. The molecule has 0 rings (SSSR count). The van der Waals surface area contributed by atoms with E-state index in [1.165, 1.54) is 19.2 Å². The molecular weight excluding hydrogens is 210 g/mol. The van der Waals surface area contributed by atoms with Gasteiger partial charge in [0.15, 0.2) is 0 Å². The molecule has 1 N–H and O–H groups in total. The molecular formula is C15H9NO. The molecule has 0 unspecified atom stereocenters. The quantitative estimate of drug-likeness (QED) is 0.645. The van der Waals surface area contributed by atoms with Crippen LogP contribution in [0.5, 0.6) is 0 Å². The van der Waals surface area contributed by atoms with Crippen molar-refractivity contribution in [3.63, 3.8) is 0 Å². The van der Waals surface area contributed by atoms with E-state index in [1.807, 2.05) is 0 Å². The smallest absolute Gasteiger partial charge is 0.220 e. The van der Waals surface area contributed by atoms with Crippen LogP contribution in [0.2, 0.25) is 0 Å². The summed E-state index contributed by atoms with van der Waals surface area (Å²) in [7, 11) is 0. The van der Waals surface area contributed by atoms with E-state index in [0.717, 1.165) is 0 Å². The number of allylic oxidation sites excluding steroid dienone is 1. The highest BCUT2D eigenvalue weighted by Gasteiger charge is 1.78. The molecule has 0 aliphatic heterocycles. The summed E-state index contributed by atoms with van der Waals surface area (Å²) in [4.78, 5) is 10.4. The Balaban J connectivity index is 4.09. The molecule has 17 heavy (non-hydrogen) atoms. The largest absolute Gasteiger partial charge is 0.332 e. The molecule has 0 aromatic carbocycles. The van der Waals surface area contributed by atoms with Gasteiger partial charge in [0.25, 0.3) is 0 Å². The molecule has 0 heterocycles. The lowest BCUT2D eigenvalue weighted by Gasteiger charge is -1.85. The summed E-state index contributed by atoms with van der Waals surface area (Å²) in [5.41, 5.74) is 0. The van der Waals surface area contributed by atoms with Crippen LogP contribution >= 0.6 is 0 Å². The molecule has 0 aliphatic rings. The second kappa shape index (κ2) is 11.1. The van der Waals surface area contributed by atoms with Gasteiger partial charge in [-0.25, -0.2) is 0 Å². The first-order valence-electron chi connectivity index (χ1n) is 4.61. The van der Waals surface area contributed by atoms with E-state index in [1.54, 1.807) is 6.92 Å². The third-order valence-corrected chi connectivity index (χ3v) is 1.09. The molecule has 0 spiro atoms. The number of rotatable bonds is 1. The predicted molar refractivity (Wildman–Crippen MR) is 67.5 cm³/mol. The number of carbonyl (C=O) groups is 1. The molecule has 0 aromatic rings. The lowest BCUT2D eigenvalue weighted by atomic mass is 10.5. The SMILES string of the molecule is CC#CC#CC#CC#CC#CC=CNC(C)=O. The van der Waals surface area contributed by atoms with Crippen molar-refractivity contribution < 1.29 is 4.79 Å². The van der Waals surface area contributed by atoms with Crippen LogP contribution in [-0.4, -0.2) is 5.91 Å². The minimum atomic E-state index is -0.145. The van der Waals surface area contributed by atoms with Crippen LogP contribution in [-0.2, 0) is 4.79 Å². The predicted octanol–water partition coefficient (Wildman–Crippen LogP) is 0.673. The fraction of sp³-hybridized carbons (Fsp3) is 0.133. The lowest BCUT2D eigenvalue weighted by Crippen LogP contribution is -2.10. The van der Waals surface area contributed by atoms with Crippen LogP contribution in [0, 0.1) is 59.2 Å². The molecule has 0 aliphatic carbocycles. The second-order valence-electron chi connectivity index (χ2n) is 2.43. The van der Waals surface area contributed by atoms with Gasteiger partial charge in [-0.3, -0.25) is 4.79 Å². The van der Waals surface area contributed by atoms with E-state index < -0.39 is 0 Å². The standard InChI is InChI=1S/C15H9NO/c1-3-4-5-6-7-8-9-10-11-12-13-14-16-15(2)17/h13-14H,1-2H3,(H,16,17). The van der Waals surface area contributed by atoms with Gasteiger partial charge in [-0.15, -0.1) is 0 Å². The Labute approximate surface area is 102 Å². The Kier molecular flexibility index (Phi) is 9.14. The Morgan fingerprint density at radius 3 is 2.00 bits per heavy atom.